The first-order valence-electron chi connectivity index (χ1n) is 4.56. The van der Waals surface area contributed by atoms with Crippen LogP contribution in [0.15, 0.2) is 46.7 Å². The van der Waals surface area contributed by atoms with Crippen molar-refractivity contribution >= 4 is 17.4 Å². The lowest BCUT2D eigenvalue weighted by Gasteiger charge is -2.07. The Morgan fingerprint density at radius 1 is 1.27 bits per heavy atom. The van der Waals surface area contributed by atoms with Gasteiger partial charge in [-0.25, -0.2) is 4.98 Å². The number of anilines is 1. The van der Waals surface area contributed by atoms with Crippen LogP contribution in [0.5, 0.6) is 0 Å². The van der Waals surface area contributed by atoms with E-state index in [-0.39, 0.29) is 0 Å². The number of nitrogens with two attached hydrogens (primary N) is 1. The van der Waals surface area contributed by atoms with Crippen LogP contribution in [0, 0.1) is 6.92 Å². The molecule has 0 fully saturated rings. The lowest BCUT2D eigenvalue weighted by atomic mass is 10.2. The van der Waals surface area contributed by atoms with E-state index in [0.717, 1.165) is 21.2 Å². The van der Waals surface area contributed by atoms with Gasteiger partial charge in [0.2, 0.25) is 0 Å². The molecule has 0 unspecified atom stereocenters. The molecule has 0 aliphatic carbocycles. The molecule has 2 aromatic rings. The van der Waals surface area contributed by atoms with Gasteiger partial charge in [0.1, 0.15) is 5.03 Å². The SMILES string of the molecule is Cc1cccc(N)c1Sc1cnccn1. The van der Waals surface area contributed by atoms with Crippen LogP contribution in [-0.2, 0) is 0 Å². The quantitative estimate of drug-likeness (QED) is 0.785. The van der Waals surface area contributed by atoms with Gasteiger partial charge in [0, 0.05) is 23.0 Å². The van der Waals surface area contributed by atoms with Crippen molar-refractivity contribution in [3.05, 3.63) is 42.4 Å². The van der Waals surface area contributed by atoms with Crippen molar-refractivity contribution < 1.29 is 0 Å². The van der Waals surface area contributed by atoms with E-state index >= 15 is 0 Å². The summed E-state index contributed by atoms with van der Waals surface area (Å²) in [4.78, 5) is 9.27. The maximum absolute atomic E-state index is 5.90. The number of benzene rings is 1. The number of aryl methyl sites for hydroxylation is 1. The predicted molar refractivity (Wildman–Crippen MR) is 61.7 cm³/mol. The Bertz CT molecular complexity index is 436. The Kier molecular flexibility index (Phi) is 2.87. The molecule has 0 saturated heterocycles. The first-order chi connectivity index (χ1) is 7.27. The molecule has 1 aromatic heterocycles. The van der Waals surface area contributed by atoms with Crippen molar-refractivity contribution in [3.63, 3.8) is 0 Å². The minimum absolute atomic E-state index is 0.783. The Morgan fingerprint density at radius 3 is 2.80 bits per heavy atom. The minimum Gasteiger partial charge on any atom is -0.398 e. The standard InChI is InChI=1S/C11H11N3S/c1-8-3-2-4-9(12)11(8)15-10-7-13-5-6-14-10/h2-7H,12H2,1H3. The second kappa shape index (κ2) is 4.31. The molecule has 76 valence electrons. The van der Waals surface area contributed by atoms with E-state index in [1.54, 1.807) is 30.4 Å². The Morgan fingerprint density at radius 2 is 2.13 bits per heavy atom. The van der Waals surface area contributed by atoms with Crippen molar-refractivity contribution in [3.8, 4) is 0 Å². The minimum atomic E-state index is 0.783. The van der Waals surface area contributed by atoms with Crippen LogP contribution < -0.4 is 5.73 Å². The predicted octanol–water partition coefficient (Wildman–Crippen LogP) is 2.52. The summed E-state index contributed by atoms with van der Waals surface area (Å²) < 4.78 is 0. The van der Waals surface area contributed by atoms with Crippen molar-refractivity contribution in [1.29, 1.82) is 0 Å². The van der Waals surface area contributed by atoms with Crippen LogP contribution in [0.3, 0.4) is 0 Å². The molecule has 1 heterocycles. The van der Waals surface area contributed by atoms with Gasteiger partial charge in [0.05, 0.1) is 6.20 Å². The van der Waals surface area contributed by atoms with Gasteiger partial charge in [-0.3, -0.25) is 4.98 Å². The van der Waals surface area contributed by atoms with Crippen molar-refractivity contribution in [1.82, 2.24) is 9.97 Å². The Balaban J connectivity index is 2.32. The fraction of sp³-hybridized carbons (Fsp3) is 0.0909. The van der Waals surface area contributed by atoms with Crippen LogP contribution in [0.1, 0.15) is 5.56 Å². The van der Waals surface area contributed by atoms with Crippen LogP contribution in [0.4, 0.5) is 5.69 Å². The molecule has 0 radical (unpaired) electrons. The van der Waals surface area contributed by atoms with E-state index < -0.39 is 0 Å². The molecule has 4 heteroatoms. The molecule has 0 amide bonds. The zero-order valence-electron chi connectivity index (χ0n) is 8.34. The van der Waals surface area contributed by atoms with Crippen LogP contribution in [0.25, 0.3) is 0 Å². The summed E-state index contributed by atoms with van der Waals surface area (Å²) in [6, 6.07) is 5.88. The monoisotopic (exact) mass is 217 g/mol. The molecule has 0 atom stereocenters. The molecule has 2 N–H and O–H groups in total. The van der Waals surface area contributed by atoms with Crippen LogP contribution >= 0.6 is 11.8 Å². The molecular formula is C11H11N3S. The highest BCUT2D eigenvalue weighted by atomic mass is 32.2. The van der Waals surface area contributed by atoms with Gasteiger partial charge in [-0.15, -0.1) is 0 Å². The molecule has 15 heavy (non-hydrogen) atoms. The summed E-state index contributed by atoms with van der Waals surface area (Å²) in [5.74, 6) is 0. The van der Waals surface area contributed by atoms with E-state index in [4.69, 9.17) is 5.73 Å². The molecule has 0 bridgehead atoms. The highest BCUT2D eigenvalue weighted by molar-refractivity contribution is 7.99. The summed E-state index contributed by atoms with van der Waals surface area (Å²) in [6.07, 6.45) is 5.07. The topological polar surface area (TPSA) is 51.8 Å². The number of nitrogen functional groups attached to an aromatic ring is 1. The summed E-state index contributed by atoms with van der Waals surface area (Å²) in [7, 11) is 0. The van der Waals surface area contributed by atoms with Crippen molar-refractivity contribution in [2.24, 2.45) is 0 Å². The van der Waals surface area contributed by atoms with E-state index in [2.05, 4.69) is 9.97 Å². The third kappa shape index (κ3) is 2.27. The lowest BCUT2D eigenvalue weighted by molar-refractivity contribution is 1.05. The van der Waals surface area contributed by atoms with E-state index in [1.165, 1.54) is 0 Å². The summed E-state index contributed by atoms with van der Waals surface area (Å²) in [6.45, 7) is 2.04. The van der Waals surface area contributed by atoms with Gasteiger partial charge in [-0.1, -0.05) is 23.9 Å². The number of hydrogen-bond donors (Lipinski definition) is 1. The third-order valence-electron chi connectivity index (χ3n) is 1.99. The summed E-state index contributed by atoms with van der Waals surface area (Å²) >= 11 is 1.54. The van der Waals surface area contributed by atoms with Gasteiger partial charge >= 0.3 is 0 Å². The Labute approximate surface area is 92.8 Å². The number of nitrogens with zero attached hydrogens (tertiary/aromatic N) is 2. The highest BCUT2D eigenvalue weighted by Crippen LogP contribution is 2.32. The van der Waals surface area contributed by atoms with Crippen LogP contribution in [-0.4, -0.2) is 9.97 Å². The number of hydrogen-bond acceptors (Lipinski definition) is 4. The van der Waals surface area contributed by atoms with Crippen LogP contribution in [0.2, 0.25) is 0 Å². The molecule has 1 aromatic carbocycles. The number of aromatic nitrogens is 2. The molecule has 0 aliphatic heterocycles. The van der Waals surface area contributed by atoms with E-state index in [1.807, 2.05) is 25.1 Å². The summed E-state index contributed by atoms with van der Waals surface area (Å²) in [5, 5.41) is 0.860. The lowest BCUT2D eigenvalue weighted by Crippen LogP contribution is -1.91. The first kappa shape index (κ1) is 9.98. The average molecular weight is 217 g/mol. The largest absolute Gasteiger partial charge is 0.398 e. The third-order valence-corrected chi connectivity index (χ3v) is 3.17. The molecule has 3 nitrogen and oxygen atoms in total. The summed E-state index contributed by atoms with van der Waals surface area (Å²) in [5.41, 5.74) is 7.84. The molecule has 2 rings (SSSR count). The zero-order chi connectivity index (χ0) is 10.7. The molecule has 0 spiro atoms. The zero-order valence-corrected chi connectivity index (χ0v) is 9.16. The normalized spacial score (nSPS) is 10.2. The van der Waals surface area contributed by atoms with E-state index in [0.29, 0.717) is 0 Å². The number of rotatable bonds is 2. The van der Waals surface area contributed by atoms with Crippen molar-refractivity contribution in [2.75, 3.05) is 5.73 Å². The molecule has 0 aliphatic rings. The second-order valence-corrected chi connectivity index (χ2v) is 4.17. The van der Waals surface area contributed by atoms with E-state index in [9.17, 15) is 0 Å². The second-order valence-electron chi connectivity index (χ2n) is 3.14. The van der Waals surface area contributed by atoms with Crippen molar-refractivity contribution in [2.45, 2.75) is 16.8 Å². The highest BCUT2D eigenvalue weighted by Gasteiger charge is 2.05. The van der Waals surface area contributed by atoms with Gasteiger partial charge < -0.3 is 5.73 Å². The molecular weight excluding hydrogens is 206 g/mol. The molecule has 0 saturated carbocycles. The van der Waals surface area contributed by atoms with Gasteiger partial charge in [0.25, 0.3) is 0 Å². The maximum Gasteiger partial charge on any atom is 0.119 e. The first-order valence-corrected chi connectivity index (χ1v) is 5.38. The fourth-order valence-electron chi connectivity index (χ4n) is 1.26. The van der Waals surface area contributed by atoms with Gasteiger partial charge in [-0.2, -0.15) is 0 Å². The maximum atomic E-state index is 5.90. The Hall–Kier alpha value is -1.55. The smallest absolute Gasteiger partial charge is 0.119 e. The van der Waals surface area contributed by atoms with Gasteiger partial charge in [0.15, 0.2) is 0 Å². The fourth-order valence-corrected chi connectivity index (χ4v) is 2.11. The average Bonchev–Trinajstić information content (AvgIpc) is 2.25. The van der Waals surface area contributed by atoms with Gasteiger partial charge in [-0.05, 0) is 18.6 Å².